The quantitative estimate of drug-likeness (QED) is 0.597. The lowest BCUT2D eigenvalue weighted by Crippen LogP contribution is -2.40. The van der Waals surface area contributed by atoms with Crippen LogP contribution in [0.3, 0.4) is 0 Å². The van der Waals surface area contributed by atoms with E-state index in [4.69, 9.17) is 4.74 Å². The van der Waals surface area contributed by atoms with Gasteiger partial charge in [0, 0.05) is 25.7 Å². The van der Waals surface area contributed by atoms with Gasteiger partial charge in [0.05, 0.1) is 12.0 Å². The number of benzene rings is 2. The number of sulfonamides is 1. The van der Waals surface area contributed by atoms with Gasteiger partial charge in [-0.05, 0) is 58.1 Å². The topological polar surface area (TPSA) is 58.6 Å². The molecule has 1 aliphatic rings. The number of ether oxygens (including phenoxy) is 1. The fourth-order valence-corrected chi connectivity index (χ4v) is 5.55. The number of nitrogens with one attached hydrogen (secondary N) is 1. The van der Waals surface area contributed by atoms with Gasteiger partial charge in [0.15, 0.2) is 11.6 Å². The van der Waals surface area contributed by atoms with Crippen LogP contribution in [0.25, 0.3) is 0 Å². The summed E-state index contributed by atoms with van der Waals surface area (Å²) in [6.45, 7) is 1.81. The standard InChI is InChI=1S/C22H23FN2O3S2/c1-28-22-7-6-19(12-20(22)23)30(26,27)24-13-21(18-9-11-29-15-18)25-10-8-16-4-2-3-5-17(16)14-25/h2-7,9,11-12,15,21,24H,8,10,13-14H2,1H3. The third kappa shape index (κ3) is 4.41. The van der Waals surface area contributed by atoms with E-state index in [0.29, 0.717) is 0 Å². The molecule has 2 aromatic carbocycles. The molecule has 30 heavy (non-hydrogen) atoms. The normalized spacial score (nSPS) is 15.5. The maximum Gasteiger partial charge on any atom is 0.240 e. The highest BCUT2D eigenvalue weighted by Crippen LogP contribution is 2.29. The van der Waals surface area contributed by atoms with Gasteiger partial charge >= 0.3 is 0 Å². The Morgan fingerprint density at radius 3 is 2.70 bits per heavy atom. The molecule has 1 aliphatic heterocycles. The van der Waals surface area contributed by atoms with E-state index in [1.165, 1.54) is 30.4 Å². The van der Waals surface area contributed by atoms with Crippen molar-refractivity contribution in [2.45, 2.75) is 23.9 Å². The summed E-state index contributed by atoms with van der Waals surface area (Å²) in [6, 6.07) is 13.9. The van der Waals surface area contributed by atoms with Gasteiger partial charge in [-0.1, -0.05) is 24.3 Å². The van der Waals surface area contributed by atoms with Crippen molar-refractivity contribution >= 4 is 21.4 Å². The Kier molecular flexibility index (Phi) is 6.19. The number of fused-ring (bicyclic) bond motifs is 1. The minimum absolute atomic E-state index is 0.0112. The number of methoxy groups -OCH3 is 1. The van der Waals surface area contributed by atoms with E-state index in [0.717, 1.165) is 31.1 Å². The molecule has 0 saturated carbocycles. The first kappa shape index (κ1) is 21.0. The lowest BCUT2D eigenvalue weighted by atomic mass is 9.97. The second kappa shape index (κ2) is 8.85. The highest BCUT2D eigenvalue weighted by atomic mass is 32.2. The SMILES string of the molecule is COc1ccc(S(=O)(=O)NCC(c2ccsc2)N2CCc3ccccc3C2)cc1F. The van der Waals surface area contributed by atoms with Crippen LogP contribution in [-0.2, 0) is 23.0 Å². The average molecular weight is 447 g/mol. The molecule has 2 heterocycles. The largest absolute Gasteiger partial charge is 0.494 e. The molecular weight excluding hydrogens is 423 g/mol. The molecule has 1 unspecified atom stereocenters. The monoisotopic (exact) mass is 446 g/mol. The van der Waals surface area contributed by atoms with Gasteiger partial charge in [-0.3, -0.25) is 4.90 Å². The number of hydrogen-bond donors (Lipinski definition) is 1. The average Bonchev–Trinajstić information content (AvgIpc) is 3.28. The molecule has 0 fully saturated rings. The molecule has 8 heteroatoms. The molecule has 1 N–H and O–H groups in total. The van der Waals surface area contributed by atoms with Crippen LogP contribution in [0.5, 0.6) is 5.75 Å². The number of nitrogens with zero attached hydrogens (tertiary/aromatic N) is 1. The van der Waals surface area contributed by atoms with Gasteiger partial charge in [-0.25, -0.2) is 17.5 Å². The summed E-state index contributed by atoms with van der Waals surface area (Å²) in [5.74, 6) is -0.695. The second-order valence-corrected chi connectivity index (χ2v) is 9.76. The number of halogens is 1. The van der Waals surface area contributed by atoms with Gasteiger partial charge in [-0.15, -0.1) is 0 Å². The molecule has 1 atom stereocenters. The van der Waals surface area contributed by atoms with Gasteiger partial charge < -0.3 is 4.74 Å². The van der Waals surface area contributed by atoms with E-state index in [-0.39, 0.29) is 23.2 Å². The van der Waals surface area contributed by atoms with E-state index in [2.05, 4.69) is 21.8 Å². The van der Waals surface area contributed by atoms with Crippen LogP contribution in [-0.4, -0.2) is 33.5 Å². The van der Waals surface area contributed by atoms with Crippen LogP contribution < -0.4 is 9.46 Å². The predicted octanol–water partition coefficient (Wildman–Crippen LogP) is 3.97. The molecule has 3 aromatic rings. The zero-order valence-electron chi connectivity index (χ0n) is 16.5. The summed E-state index contributed by atoms with van der Waals surface area (Å²) >= 11 is 1.59. The maximum absolute atomic E-state index is 14.0. The molecule has 0 saturated heterocycles. The van der Waals surface area contributed by atoms with Crippen molar-refractivity contribution < 1.29 is 17.5 Å². The Morgan fingerprint density at radius 1 is 1.20 bits per heavy atom. The number of hydrogen-bond acceptors (Lipinski definition) is 5. The Bertz CT molecular complexity index is 1120. The highest BCUT2D eigenvalue weighted by molar-refractivity contribution is 7.89. The van der Waals surface area contributed by atoms with Crippen molar-refractivity contribution in [3.05, 3.63) is 81.8 Å². The van der Waals surface area contributed by atoms with Crippen molar-refractivity contribution in [3.63, 3.8) is 0 Å². The zero-order valence-corrected chi connectivity index (χ0v) is 18.2. The second-order valence-electron chi connectivity index (χ2n) is 7.21. The number of thiophene rings is 1. The Balaban J connectivity index is 1.54. The molecule has 1 aromatic heterocycles. The van der Waals surface area contributed by atoms with E-state index < -0.39 is 15.8 Å². The van der Waals surface area contributed by atoms with Crippen molar-refractivity contribution in [1.29, 1.82) is 0 Å². The molecule has 0 amide bonds. The van der Waals surface area contributed by atoms with Crippen molar-refractivity contribution in [2.75, 3.05) is 20.2 Å². The lowest BCUT2D eigenvalue weighted by Gasteiger charge is -2.35. The summed E-state index contributed by atoms with van der Waals surface area (Å²) < 4.78 is 47.2. The van der Waals surface area contributed by atoms with Gasteiger partial charge in [-0.2, -0.15) is 11.3 Å². The summed E-state index contributed by atoms with van der Waals surface area (Å²) in [6.07, 6.45) is 0.924. The van der Waals surface area contributed by atoms with E-state index in [1.54, 1.807) is 11.3 Å². The first-order chi connectivity index (χ1) is 14.5. The molecule has 0 aliphatic carbocycles. The summed E-state index contributed by atoms with van der Waals surface area (Å²) in [5, 5.41) is 4.04. The zero-order chi connectivity index (χ0) is 21.1. The minimum atomic E-state index is -3.86. The van der Waals surface area contributed by atoms with Crippen molar-refractivity contribution in [1.82, 2.24) is 9.62 Å². The van der Waals surface area contributed by atoms with Gasteiger partial charge in [0.2, 0.25) is 10.0 Å². The Morgan fingerprint density at radius 2 is 2.00 bits per heavy atom. The van der Waals surface area contributed by atoms with E-state index in [1.807, 2.05) is 29.0 Å². The summed E-state index contributed by atoms with van der Waals surface area (Å²) in [4.78, 5) is 2.18. The maximum atomic E-state index is 14.0. The lowest BCUT2D eigenvalue weighted by molar-refractivity contribution is 0.181. The summed E-state index contributed by atoms with van der Waals surface area (Å²) in [5.41, 5.74) is 3.68. The molecule has 0 bridgehead atoms. The van der Waals surface area contributed by atoms with Crippen molar-refractivity contribution in [2.24, 2.45) is 0 Å². The van der Waals surface area contributed by atoms with Crippen LogP contribution in [0.15, 0.2) is 64.2 Å². The third-order valence-electron chi connectivity index (χ3n) is 5.43. The summed E-state index contributed by atoms with van der Waals surface area (Å²) in [7, 11) is -2.52. The first-order valence-corrected chi connectivity index (χ1v) is 12.1. The van der Waals surface area contributed by atoms with Crippen molar-refractivity contribution in [3.8, 4) is 5.75 Å². The minimum Gasteiger partial charge on any atom is -0.494 e. The third-order valence-corrected chi connectivity index (χ3v) is 7.55. The molecule has 4 rings (SSSR count). The highest BCUT2D eigenvalue weighted by Gasteiger charge is 2.27. The number of rotatable bonds is 7. The fourth-order valence-electron chi connectivity index (χ4n) is 3.79. The Hall–Kier alpha value is -2.26. The van der Waals surface area contributed by atoms with Crippen LogP contribution in [0, 0.1) is 5.82 Å². The molecular formula is C22H23FN2O3S2. The molecule has 5 nitrogen and oxygen atoms in total. The van der Waals surface area contributed by atoms with Crippen LogP contribution >= 0.6 is 11.3 Å². The van der Waals surface area contributed by atoms with Crippen LogP contribution in [0.1, 0.15) is 22.7 Å². The molecule has 158 valence electrons. The molecule has 0 radical (unpaired) electrons. The van der Waals surface area contributed by atoms with E-state index >= 15 is 0 Å². The molecule has 0 spiro atoms. The van der Waals surface area contributed by atoms with Crippen LogP contribution in [0.4, 0.5) is 4.39 Å². The van der Waals surface area contributed by atoms with Crippen LogP contribution in [0.2, 0.25) is 0 Å². The van der Waals surface area contributed by atoms with E-state index in [9.17, 15) is 12.8 Å². The smallest absolute Gasteiger partial charge is 0.240 e. The fraction of sp³-hybridized carbons (Fsp3) is 0.273. The Labute approximate surface area is 180 Å². The predicted molar refractivity (Wildman–Crippen MR) is 116 cm³/mol. The van der Waals surface area contributed by atoms with Gasteiger partial charge in [0.25, 0.3) is 0 Å². The van der Waals surface area contributed by atoms with Gasteiger partial charge in [0.1, 0.15) is 0 Å². The first-order valence-electron chi connectivity index (χ1n) is 9.64.